The van der Waals surface area contributed by atoms with E-state index in [1.807, 2.05) is 4.90 Å². The van der Waals surface area contributed by atoms with E-state index in [0.29, 0.717) is 49.6 Å². The largest absolute Gasteiger partial charge is 0.380 e. The number of carbonyl (C=O) groups is 2. The van der Waals surface area contributed by atoms with Crippen molar-refractivity contribution in [3.8, 4) is 0 Å². The maximum Gasteiger partial charge on any atom is 0.276 e. The van der Waals surface area contributed by atoms with Crippen molar-refractivity contribution in [2.45, 2.75) is 51.8 Å². The maximum atomic E-state index is 13.2. The standard InChI is InChI=1S/C21H30N6O5/c1-14-15(12-30-2)19(24-32-14)21(29)25-9-7-17-22-23-20(27(17)11-10-25)16-6-4-5-8-26(16)18(28)13-31-3/h16H,4-13H2,1-3H3. The number of nitrogens with zero attached hydrogens (tertiary/aromatic N) is 6. The summed E-state index contributed by atoms with van der Waals surface area (Å²) in [5.74, 6) is 1.99. The van der Waals surface area contributed by atoms with Crippen molar-refractivity contribution in [1.82, 2.24) is 29.7 Å². The fourth-order valence-electron chi connectivity index (χ4n) is 4.52. The molecule has 1 atom stereocenters. The van der Waals surface area contributed by atoms with E-state index in [1.54, 1.807) is 18.9 Å². The number of amides is 2. The van der Waals surface area contributed by atoms with E-state index in [-0.39, 0.29) is 31.1 Å². The zero-order chi connectivity index (χ0) is 22.7. The molecule has 2 aliphatic heterocycles. The van der Waals surface area contributed by atoms with Crippen LogP contribution in [0.4, 0.5) is 0 Å². The number of aromatic nitrogens is 4. The Morgan fingerprint density at radius 2 is 1.94 bits per heavy atom. The molecule has 2 aliphatic rings. The summed E-state index contributed by atoms with van der Waals surface area (Å²) >= 11 is 0. The van der Waals surface area contributed by atoms with E-state index >= 15 is 0 Å². The monoisotopic (exact) mass is 446 g/mol. The number of hydrogen-bond donors (Lipinski definition) is 0. The molecular formula is C21H30N6O5. The number of piperidine rings is 1. The molecule has 11 heteroatoms. The first-order chi connectivity index (χ1) is 15.5. The van der Waals surface area contributed by atoms with E-state index in [1.165, 1.54) is 7.11 Å². The van der Waals surface area contributed by atoms with Crippen LogP contribution in [0.15, 0.2) is 4.52 Å². The third-order valence-electron chi connectivity index (χ3n) is 6.21. The lowest BCUT2D eigenvalue weighted by molar-refractivity contribution is -0.139. The average molecular weight is 447 g/mol. The van der Waals surface area contributed by atoms with Crippen LogP contribution in [0.5, 0.6) is 0 Å². The highest BCUT2D eigenvalue weighted by atomic mass is 16.5. The molecule has 0 bridgehead atoms. The molecule has 4 heterocycles. The summed E-state index contributed by atoms with van der Waals surface area (Å²) in [5, 5.41) is 12.8. The minimum atomic E-state index is -0.177. The first-order valence-corrected chi connectivity index (χ1v) is 11.0. The van der Waals surface area contributed by atoms with Gasteiger partial charge in [0, 0.05) is 46.8 Å². The van der Waals surface area contributed by atoms with Gasteiger partial charge >= 0.3 is 0 Å². The Balaban J connectivity index is 1.52. The normalized spacial score (nSPS) is 19.0. The molecule has 32 heavy (non-hydrogen) atoms. The Morgan fingerprint density at radius 1 is 1.09 bits per heavy atom. The van der Waals surface area contributed by atoms with Gasteiger partial charge in [-0.1, -0.05) is 5.16 Å². The topological polar surface area (TPSA) is 116 Å². The predicted octanol–water partition coefficient (Wildman–Crippen LogP) is 1.12. The van der Waals surface area contributed by atoms with Gasteiger partial charge in [-0.3, -0.25) is 9.59 Å². The predicted molar refractivity (Wildman–Crippen MR) is 112 cm³/mol. The van der Waals surface area contributed by atoms with Gasteiger partial charge in [0.25, 0.3) is 5.91 Å². The van der Waals surface area contributed by atoms with Crippen molar-refractivity contribution in [2.24, 2.45) is 0 Å². The molecule has 2 aromatic heterocycles. The summed E-state index contributed by atoms with van der Waals surface area (Å²) in [4.78, 5) is 29.4. The Labute approximate surface area is 186 Å². The molecule has 0 spiro atoms. The third-order valence-corrected chi connectivity index (χ3v) is 6.21. The summed E-state index contributed by atoms with van der Waals surface area (Å²) < 4.78 is 17.6. The lowest BCUT2D eigenvalue weighted by Crippen LogP contribution is -2.41. The Kier molecular flexibility index (Phi) is 6.85. The molecule has 0 saturated carbocycles. The van der Waals surface area contributed by atoms with Crippen molar-refractivity contribution in [3.05, 3.63) is 28.7 Å². The van der Waals surface area contributed by atoms with Crippen LogP contribution >= 0.6 is 0 Å². The zero-order valence-electron chi connectivity index (χ0n) is 18.9. The molecular weight excluding hydrogens is 416 g/mol. The van der Waals surface area contributed by atoms with Crippen molar-refractivity contribution >= 4 is 11.8 Å². The van der Waals surface area contributed by atoms with Crippen molar-refractivity contribution in [2.75, 3.05) is 40.5 Å². The molecule has 0 radical (unpaired) electrons. The second-order valence-corrected chi connectivity index (χ2v) is 8.20. The van der Waals surface area contributed by atoms with Gasteiger partial charge in [-0.25, -0.2) is 0 Å². The Bertz CT molecular complexity index is 970. The third kappa shape index (κ3) is 4.26. The van der Waals surface area contributed by atoms with E-state index in [0.717, 1.165) is 30.9 Å². The summed E-state index contributed by atoms with van der Waals surface area (Å²) in [6.07, 6.45) is 3.42. The number of rotatable bonds is 6. The summed E-state index contributed by atoms with van der Waals surface area (Å²) in [6, 6.07) is -0.124. The van der Waals surface area contributed by atoms with Gasteiger partial charge in [0.2, 0.25) is 5.91 Å². The molecule has 11 nitrogen and oxygen atoms in total. The molecule has 2 aromatic rings. The molecule has 0 aliphatic carbocycles. The molecule has 1 unspecified atom stereocenters. The first kappa shape index (κ1) is 22.4. The number of methoxy groups -OCH3 is 2. The fourth-order valence-corrected chi connectivity index (χ4v) is 4.52. The summed E-state index contributed by atoms with van der Waals surface area (Å²) in [7, 11) is 3.10. The van der Waals surface area contributed by atoms with Crippen molar-refractivity contribution < 1.29 is 23.6 Å². The van der Waals surface area contributed by atoms with E-state index in [2.05, 4.69) is 19.9 Å². The van der Waals surface area contributed by atoms with Crippen LogP contribution in [-0.4, -0.2) is 82.0 Å². The van der Waals surface area contributed by atoms with Crippen LogP contribution in [0.2, 0.25) is 0 Å². The van der Waals surface area contributed by atoms with E-state index in [9.17, 15) is 9.59 Å². The second-order valence-electron chi connectivity index (χ2n) is 8.20. The zero-order valence-corrected chi connectivity index (χ0v) is 18.9. The van der Waals surface area contributed by atoms with Crippen LogP contribution in [-0.2, 0) is 33.8 Å². The highest BCUT2D eigenvalue weighted by molar-refractivity contribution is 5.93. The van der Waals surface area contributed by atoms with Crippen LogP contribution in [0, 0.1) is 6.92 Å². The number of carbonyl (C=O) groups excluding carboxylic acids is 2. The van der Waals surface area contributed by atoms with E-state index < -0.39 is 0 Å². The molecule has 0 aromatic carbocycles. The van der Waals surface area contributed by atoms with Crippen LogP contribution in [0.1, 0.15) is 58.8 Å². The molecule has 4 rings (SSSR count). The number of likely N-dealkylation sites (tertiary alicyclic amines) is 1. The molecule has 174 valence electrons. The number of hydrogen-bond acceptors (Lipinski definition) is 8. The van der Waals surface area contributed by atoms with E-state index in [4.69, 9.17) is 14.0 Å². The van der Waals surface area contributed by atoms with Gasteiger partial charge in [-0.05, 0) is 26.2 Å². The average Bonchev–Trinajstić information content (AvgIpc) is 3.30. The second kappa shape index (κ2) is 9.78. The fraction of sp³-hybridized carbons (Fsp3) is 0.667. The Hall–Kier alpha value is -2.79. The highest BCUT2D eigenvalue weighted by Gasteiger charge is 2.34. The summed E-state index contributed by atoms with van der Waals surface area (Å²) in [6.45, 7) is 4.35. The summed E-state index contributed by atoms with van der Waals surface area (Å²) in [5.41, 5.74) is 0.974. The Morgan fingerprint density at radius 3 is 2.72 bits per heavy atom. The van der Waals surface area contributed by atoms with Gasteiger partial charge in [0.15, 0.2) is 11.5 Å². The molecule has 1 saturated heterocycles. The van der Waals surface area contributed by atoms with Crippen LogP contribution in [0.25, 0.3) is 0 Å². The van der Waals surface area contributed by atoms with Gasteiger partial charge in [-0.2, -0.15) is 0 Å². The molecule has 1 fully saturated rings. The van der Waals surface area contributed by atoms with Gasteiger partial charge in [0.1, 0.15) is 18.2 Å². The quantitative estimate of drug-likeness (QED) is 0.648. The van der Waals surface area contributed by atoms with Crippen molar-refractivity contribution in [1.29, 1.82) is 0 Å². The smallest absolute Gasteiger partial charge is 0.276 e. The van der Waals surface area contributed by atoms with Gasteiger partial charge < -0.3 is 28.4 Å². The SMILES string of the molecule is COCC(=O)N1CCCCC1c1nnc2n1CCN(C(=O)c1noc(C)c1COC)CC2. The highest BCUT2D eigenvalue weighted by Crippen LogP contribution is 2.31. The van der Waals surface area contributed by atoms with Crippen LogP contribution < -0.4 is 0 Å². The first-order valence-electron chi connectivity index (χ1n) is 11.0. The molecule has 0 N–H and O–H groups in total. The molecule has 2 amide bonds. The maximum absolute atomic E-state index is 13.2. The number of ether oxygens (including phenoxy) is 2. The lowest BCUT2D eigenvalue weighted by Gasteiger charge is -2.35. The van der Waals surface area contributed by atoms with Gasteiger partial charge in [0.05, 0.1) is 18.2 Å². The number of aryl methyl sites for hydroxylation is 1. The lowest BCUT2D eigenvalue weighted by atomic mass is 10.0. The van der Waals surface area contributed by atoms with Gasteiger partial charge in [-0.15, -0.1) is 10.2 Å². The minimum Gasteiger partial charge on any atom is -0.380 e. The van der Waals surface area contributed by atoms with Crippen LogP contribution in [0.3, 0.4) is 0 Å². The number of fused-ring (bicyclic) bond motifs is 1. The van der Waals surface area contributed by atoms with Crippen molar-refractivity contribution in [3.63, 3.8) is 0 Å². The minimum absolute atomic E-state index is 0.0351.